The van der Waals surface area contributed by atoms with E-state index in [1.165, 1.54) is 22.8 Å². The Morgan fingerprint density at radius 1 is 0.594 bits per heavy atom. The Morgan fingerprint density at radius 2 is 0.913 bits per heavy atom. The number of nitrogens with two attached hydrogens (primary N) is 2. The Kier molecular flexibility index (Phi) is 37.0. The zero-order valence-corrected chi connectivity index (χ0v) is 47.3. The van der Waals surface area contributed by atoms with Crippen molar-refractivity contribution < 1.29 is 54.4 Å². The van der Waals surface area contributed by atoms with Crippen LogP contribution in [0.4, 0.5) is 0 Å². The summed E-state index contributed by atoms with van der Waals surface area (Å²) in [6.45, 7) is 19.6. The van der Waals surface area contributed by atoms with Crippen LogP contribution in [-0.2, 0) is 31.3 Å². The molecule has 7 nitrogen and oxygen atoms in total. The number of hydrogen-bond acceptors (Lipinski definition) is 6. The minimum Gasteiger partial charge on any atom is -1.00 e. The minimum atomic E-state index is -3.07. The Morgan fingerprint density at radius 3 is 1.23 bits per heavy atom. The van der Waals surface area contributed by atoms with E-state index in [-0.39, 0.29) is 61.3 Å². The number of halogens is 4. The van der Waals surface area contributed by atoms with Crippen molar-refractivity contribution in [1.29, 1.82) is 0 Å². The van der Waals surface area contributed by atoms with Crippen LogP contribution in [0, 0.1) is 6.58 Å². The van der Waals surface area contributed by atoms with Gasteiger partial charge in [0.05, 0.1) is 25.4 Å². The molecule has 0 radical (unpaired) electrons. The van der Waals surface area contributed by atoms with Crippen LogP contribution in [-0.4, -0.2) is 78.8 Å². The normalized spacial score (nSPS) is 14.1. The number of quaternary nitrogens is 1. The summed E-state index contributed by atoms with van der Waals surface area (Å²) in [5, 5.41) is 5.65. The molecule has 2 aliphatic rings. The second-order valence-corrected chi connectivity index (χ2v) is 28.7. The summed E-state index contributed by atoms with van der Waals surface area (Å²) in [6.07, 6.45) is 3.36. The molecule has 0 aromatic heterocycles. The zero-order chi connectivity index (χ0) is 47.4. The largest absolute Gasteiger partial charge is 2.00 e. The van der Waals surface area contributed by atoms with Gasteiger partial charge < -0.3 is 60.7 Å². The first kappa shape index (κ1) is 68.5. The predicted octanol–water partition coefficient (Wildman–Crippen LogP) is 5.65. The number of benzene rings is 6. The molecule has 0 unspecified atom stereocenters. The molecule has 6 aromatic rings. The topological polar surface area (TPSA) is 114 Å². The third kappa shape index (κ3) is 24.6. The summed E-state index contributed by atoms with van der Waals surface area (Å²) in [7, 11) is -6.65. The van der Waals surface area contributed by atoms with Gasteiger partial charge in [0, 0.05) is 61.1 Å². The molecular weight excluding hydrogens is 1080 g/mol. The second kappa shape index (κ2) is 37.2. The van der Waals surface area contributed by atoms with Crippen LogP contribution < -0.4 is 61.7 Å². The second-order valence-electron chi connectivity index (χ2n) is 14.9. The van der Waals surface area contributed by atoms with E-state index in [0.717, 1.165) is 73.3 Å². The first-order chi connectivity index (χ1) is 31.3. The summed E-state index contributed by atoms with van der Waals surface area (Å²) in [6, 6.07) is 58.3. The summed E-state index contributed by atoms with van der Waals surface area (Å²) in [5.41, 5.74) is 7.87. The van der Waals surface area contributed by atoms with E-state index >= 15 is 0 Å². The molecular formula is C53H69BrCl3MgN3O4P4. The van der Waals surface area contributed by atoms with Gasteiger partial charge in [-0.25, -0.2) is 0 Å². The molecule has 16 heteroatoms. The molecule has 2 saturated heterocycles. The van der Waals surface area contributed by atoms with Gasteiger partial charge in [-0.15, -0.1) is 0 Å². The van der Waals surface area contributed by atoms with Gasteiger partial charge in [0.25, 0.3) is 5.85 Å². The maximum atomic E-state index is 13.0. The van der Waals surface area contributed by atoms with E-state index in [1.807, 2.05) is 133 Å². The smallest absolute Gasteiger partial charge is 1.00 e. The average Bonchev–Trinajstić information content (AvgIpc) is 3.37. The van der Waals surface area contributed by atoms with Gasteiger partial charge in [0.1, 0.15) is 14.3 Å². The van der Waals surface area contributed by atoms with Crippen molar-refractivity contribution >= 4 is 94.0 Å². The van der Waals surface area contributed by atoms with Gasteiger partial charge >= 0.3 is 23.1 Å². The van der Waals surface area contributed by atoms with Crippen LogP contribution in [0.2, 0.25) is 0 Å². The maximum absolute atomic E-state index is 13.0. The van der Waals surface area contributed by atoms with Crippen molar-refractivity contribution in [2.75, 3.05) is 50.8 Å². The molecule has 2 heterocycles. The van der Waals surface area contributed by atoms with Crippen molar-refractivity contribution in [3.63, 3.8) is 0 Å². The average molecular weight is 1150 g/mol. The molecule has 69 heavy (non-hydrogen) atoms. The number of rotatable bonds is 9. The van der Waals surface area contributed by atoms with Crippen molar-refractivity contribution in [2.24, 2.45) is 5.73 Å². The monoisotopic (exact) mass is 1140 g/mol. The van der Waals surface area contributed by atoms with Crippen molar-refractivity contribution in [3.8, 4) is 0 Å². The maximum Gasteiger partial charge on any atom is 2.00 e. The molecule has 0 spiro atoms. The summed E-state index contributed by atoms with van der Waals surface area (Å²) in [4.78, 5) is 2.41. The fourth-order valence-electron chi connectivity index (χ4n) is 6.76. The quantitative estimate of drug-likeness (QED) is 0.110. The molecule has 0 atom stereocenters. The van der Waals surface area contributed by atoms with E-state index in [1.54, 1.807) is 24.3 Å². The molecule has 370 valence electrons. The van der Waals surface area contributed by atoms with Crippen LogP contribution in [0.25, 0.3) is 0 Å². The number of nitrogens with zero attached hydrogens (tertiary/aromatic N) is 1. The van der Waals surface area contributed by atoms with E-state index in [4.69, 9.17) is 28.2 Å². The molecule has 0 aliphatic carbocycles. The predicted molar refractivity (Wildman–Crippen MR) is 299 cm³/mol. The van der Waals surface area contributed by atoms with Crippen molar-refractivity contribution in [3.05, 3.63) is 231 Å². The van der Waals surface area contributed by atoms with Gasteiger partial charge in [-0.3, -0.25) is 16.0 Å². The minimum absolute atomic E-state index is 0. The molecule has 0 bridgehead atoms. The first-order valence-electron chi connectivity index (χ1n) is 21.3. The van der Waals surface area contributed by atoms with E-state index in [2.05, 4.69) is 60.8 Å². The molecule has 4 N–H and O–H groups in total. The Balaban J connectivity index is -0.000000806. The molecule has 6 aromatic carbocycles. The molecule has 2 aliphatic heterocycles. The Bertz CT molecular complexity index is 2440. The van der Waals surface area contributed by atoms with Crippen LogP contribution in [0.5, 0.6) is 0 Å². The zero-order valence-electron chi connectivity index (χ0n) is 38.5. The fraction of sp³-hybridized carbons (Fsp3) is 0.208. The molecule has 8 rings (SSSR count). The van der Waals surface area contributed by atoms with Crippen molar-refractivity contribution in [1.82, 2.24) is 4.90 Å². The SMILES string of the molecule is C.C=CP(=O)(C=C)c1ccccc1.NCc1ccccc1.O=P(Cl)(Cl)c1ccccc1.O=P1(c2ccccc2)CCN(Cc2ccccc2)CC1.O=P1(c2ccccc2)CC[NH2+]CC1.[Br-].[CH-]=C.[Cl-].[HH].[Mg+2]. The number of hydrogen-bond donors (Lipinski definition) is 2. The van der Waals surface area contributed by atoms with Gasteiger partial charge in [-0.1, -0.05) is 190 Å². The van der Waals surface area contributed by atoms with E-state index in [0.29, 0.717) is 11.8 Å². The van der Waals surface area contributed by atoms with Gasteiger partial charge in [0.15, 0.2) is 7.14 Å². The van der Waals surface area contributed by atoms with Gasteiger partial charge in [0.2, 0.25) is 0 Å². The van der Waals surface area contributed by atoms with E-state index < -0.39 is 27.3 Å². The summed E-state index contributed by atoms with van der Waals surface area (Å²) < 4.78 is 48.3. The first-order valence-corrected chi connectivity index (χ1v) is 30.8. The van der Waals surface area contributed by atoms with Crippen LogP contribution in [0.1, 0.15) is 20.0 Å². The van der Waals surface area contributed by atoms with Crippen LogP contribution in [0.3, 0.4) is 0 Å². The summed E-state index contributed by atoms with van der Waals surface area (Å²) in [5.74, 6) is -0.138. The third-order valence-electron chi connectivity index (χ3n) is 10.5. The Hall–Kier alpha value is -2.54. The van der Waals surface area contributed by atoms with E-state index in [9.17, 15) is 18.3 Å². The Labute approximate surface area is 457 Å². The van der Waals surface area contributed by atoms with Crippen LogP contribution >= 0.6 is 49.8 Å². The van der Waals surface area contributed by atoms with Gasteiger partial charge in [-0.05, 0) is 57.4 Å². The molecule has 0 amide bonds. The summed E-state index contributed by atoms with van der Waals surface area (Å²) >= 11 is 10.8. The molecule has 0 saturated carbocycles. The molecule has 2 fully saturated rings. The van der Waals surface area contributed by atoms with Crippen LogP contribution in [0.15, 0.2) is 213 Å². The van der Waals surface area contributed by atoms with Crippen molar-refractivity contribution in [2.45, 2.75) is 20.5 Å². The van der Waals surface area contributed by atoms with Gasteiger partial charge in [-0.2, -0.15) is 0 Å². The third-order valence-corrected chi connectivity index (χ3v) is 21.0. The standard InChI is InChI=1S/C17H20NOP.C10H14NOP.C10H11OP.C7H9N.C6H5Cl2OP.C2H3.CH4.BrH.ClH.Mg.H2/c19-20(17-9-5-2-6-10-17)13-11-18(12-14-20)15-16-7-3-1-4-8-16;12-13(8-6-11-7-9-13)10-4-2-1-3-5-10;1-3-12(11,4-2)10-8-6-5-7-9-10;8-6-7-4-2-1-3-5-7;7-10(8,9)6-4-2-1-3-5-6;1-2;;;;;/h1-10H,11-15H2;1-5,11H,6-9H2;3-9H,1-2H2;1-5H,6,8H2;1-5H;1H,2H2;1H4;2*1H;;1H/q;;;;;-1;;;;+2;/p-1. The fourth-order valence-corrected chi connectivity index (χ4v) is 14.5.